The van der Waals surface area contributed by atoms with Gasteiger partial charge in [0.05, 0.1) is 23.5 Å². The zero-order valence-corrected chi connectivity index (χ0v) is 24.6. The minimum absolute atomic E-state index is 0. The molecular weight excluding hydrogens is 564 g/mol. The van der Waals surface area contributed by atoms with Gasteiger partial charge in [0.2, 0.25) is 0 Å². The van der Waals surface area contributed by atoms with E-state index in [2.05, 4.69) is 15.5 Å². The maximum absolute atomic E-state index is 13.4. The maximum atomic E-state index is 13.4. The van der Waals surface area contributed by atoms with Gasteiger partial charge in [0.15, 0.2) is 0 Å². The quantitative estimate of drug-likeness (QED) is 0.203. The van der Waals surface area contributed by atoms with Crippen molar-refractivity contribution in [1.82, 2.24) is 0 Å². The molecule has 38 heavy (non-hydrogen) atoms. The molecular formula is C25H18Cl2N3NaO6S. The van der Waals surface area contributed by atoms with Gasteiger partial charge < -0.3 is 15.2 Å². The molecule has 0 radical (unpaired) electrons. The molecule has 4 rings (SSSR count). The minimum Gasteiger partial charge on any atom is -0.870 e. The van der Waals surface area contributed by atoms with Gasteiger partial charge >= 0.3 is 29.6 Å². The van der Waals surface area contributed by atoms with E-state index in [0.717, 1.165) is 6.07 Å². The molecule has 0 saturated carbocycles. The van der Waals surface area contributed by atoms with Crippen molar-refractivity contribution in [1.29, 1.82) is 0 Å². The van der Waals surface area contributed by atoms with Crippen LogP contribution in [-0.4, -0.2) is 26.0 Å². The van der Waals surface area contributed by atoms with Crippen LogP contribution in [0.1, 0.15) is 15.9 Å². The molecule has 9 nitrogen and oxygen atoms in total. The number of rotatable bonds is 6. The third-order valence-corrected chi connectivity index (χ3v) is 6.81. The average molecular weight is 582 g/mol. The molecule has 0 saturated heterocycles. The van der Waals surface area contributed by atoms with Gasteiger partial charge in [-0.05, 0) is 48.2 Å². The van der Waals surface area contributed by atoms with Crippen molar-refractivity contribution in [3.05, 3.63) is 81.8 Å². The Kier molecular flexibility index (Phi) is 9.43. The number of halogens is 2. The third-order valence-electron chi connectivity index (χ3n) is 5.40. The largest absolute Gasteiger partial charge is 1.00 e. The zero-order chi connectivity index (χ0) is 26.9. The van der Waals surface area contributed by atoms with E-state index in [-0.39, 0.29) is 62.2 Å². The monoisotopic (exact) mass is 581 g/mol. The van der Waals surface area contributed by atoms with E-state index in [1.54, 1.807) is 30.3 Å². The summed E-state index contributed by atoms with van der Waals surface area (Å²) in [5.41, 5.74) is -0.114. The van der Waals surface area contributed by atoms with Gasteiger partial charge in [-0.1, -0.05) is 53.2 Å². The van der Waals surface area contributed by atoms with Crippen LogP contribution in [-0.2, 0) is 10.1 Å². The van der Waals surface area contributed by atoms with Crippen LogP contribution in [0.2, 0.25) is 10.0 Å². The molecule has 2 N–H and O–H groups in total. The van der Waals surface area contributed by atoms with Crippen LogP contribution in [0.25, 0.3) is 10.8 Å². The van der Waals surface area contributed by atoms with Crippen LogP contribution in [0.3, 0.4) is 0 Å². The number of fused-ring (bicyclic) bond motifs is 1. The summed E-state index contributed by atoms with van der Waals surface area (Å²) in [6, 6.07) is 15.2. The predicted molar refractivity (Wildman–Crippen MR) is 140 cm³/mol. The zero-order valence-electron chi connectivity index (χ0n) is 20.3. The van der Waals surface area contributed by atoms with Crippen molar-refractivity contribution >= 4 is 67.1 Å². The Labute approximate surface area is 250 Å². The number of aryl methyl sites for hydroxylation is 1. The molecule has 1 amide bonds. The number of hydrogen-bond acceptors (Lipinski definition) is 7. The van der Waals surface area contributed by atoms with Crippen molar-refractivity contribution in [2.75, 3.05) is 12.4 Å². The van der Waals surface area contributed by atoms with Gasteiger partial charge in [0.1, 0.15) is 16.3 Å². The minimum atomic E-state index is -4.70. The molecule has 0 atom stereocenters. The Morgan fingerprint density at radius 2 is 1.71 bits per heavy atom. The first-order valence-electron chi connectivity index (χ1n) is 10.6. The summed E-state index contributed by atoms with van der Waals surface area (Å²) in [5, 5.41) is 25.2. The number of nitrogens with one attached hydrogen (secondary N) is 1. The van der Waals surface area contributed by atoms with Gasteiger partial charge in [0, 0.05) is 22.0 Å². The number of hydrogen-bond donors (Lipinski definition) is 2. The summed E-state index contributed by atoms with van der Waals surface area (Å²) in [5.74, 6) is -1.05. The number of carbonyl (C=O) groups is 1. The molecule has 4 aromatic carbocycles. The molecule has 0 unspecified atom stereocenters. The molecule has 4 aromatic rings. The Morgan fingerprint density at radius 1 is 1.03 bits per heavy atom. The second-order valence-corrected chi connectivity index (χ2v) is 10.1. The molecule has 0 aliphatic rings. The van der Waals surface area contributed by atoms with Crippen molar-refractivity contribution in [3.8, 4) is 11.5 Å². The predicted octanol–water partition coefficient (Wildman–Crippen LogP) is 3.46. The number of benzene rings is 4. The van der Waals surface area contributed by atoms with Crippen molar-refractivity contribution in [3.63, 3.8) is 0 Å². The standard InChI is InChI=1S/C25H19Cl2N3O6S.Na/c1-13-9-15(26)11-21(37(33,34)35)22(13)29-30-23-17-6-4-3-5-14(17)10-18(24(23)31)25(32)28-20-12-16(36-2)7-8-19(20)27;/h3-12,31H,1-2H3,(H,28,32)(H,33,34,35);/q;+1/p-1. The molecule has 13 heteroatoms. The Balaban J connectivity index is 0.00000400. The molecule has 0 spiro atoms. The number of ether oxygens (including phenoxy) is 1. The van der Waals surface area contributed by atoms with E-state index >= 15 is 0 Å². The fourth-order valence-electron chi connectivity index (χ4n) is 3.62. The topological polar surface area (TPSA) is 140 Å². The summed E-state index contributed by atoms with van der Waals surface area (Å²) >= 11 is 12.1. The second-order valence-electron chi connectivity index (χ2n) is 7.87. The summed E-state index contributed by atoms with van der Waals surface area (Å²) < 4.78 is 38.6. The summed E-state index contributed by atoms with van der Waals surface area (Å²) in [7, 11) is -3.25. The van der Waals surface area contributed by atoms with E-state index in [0.29, 0.717) is 22.1 Å². The van der Waals surface area contributed by atoms with Gasteiger partial charge in [-0.15, -0.1) is 5.11 Å². The first kappa shape index (κ1) is 29.9. The van der Waals surface area contributed by atoms with Crippen molar-refractivity contribution in [2.45, 2.75) is 11.8 Å². The van der Waals surface area contributed by atoms with E-state index in [4.69, 9.17) is 27.9 Å². The average Bonchev–Trinajstić information content (AvgIpc) is 2.84. The smallest absolute Gasteiger partial charge is 0.870 e. The summed E-state index contributed by atoms with van der Waals surface area (Å²) in [4.78, 5) is 12.6. The number of nitrogens with zero attached hydrogens (tertiary/aromatic N) is 2. The number of anilines is 1. The number of amides is 1. The molecule has 0 bridgehead atoms. The Morgan fingerprint density at radius 3 is 2.39 bits per heavy atom. The molecule has 0 aromatic heterocycles. The third kappa shape index (κ3) is 6.29. The van der Waals surface area contributed by atoms with E-state index in [9.17, 15) is 22.9 Å². The van der Waals surface area contributed by atoms with Gasteiger partial charge in [-0.2, -0.15) is 13.5 Å². The summed E-state index contributed by atoms with van der Waals surface area (Å²) in [6.07, 6.45) is 0. The van der Waals surface area contributed by atoms with Crippen LogP contribution < -0.4 is 44.7 Å². The van der Waals surface area contributed by atoms with Crippen LogP contribution in [0, 0.1) is 6.92 Å². The SMILES string of the molecule is COc1ccc(Cl)c(NC(=O)c2cc3ccccc3c(N=Nc3c(C)cc(Cl)cc3S(=O)(=O)O)c2[O-])c1.[Na+]. The molecule has 0 fully saturated rings. The first-order chi connectivity index (χ1) is 17.5. The first-order valence-corrected chi connectivity index (χ1v) is 12.8. The fraction of sp³-hybridized carbons (Fsp3) is 0.0800. The number of azo groups is 1. The van der Waals surface area contributed by atoms with Gasteiger partial charge in [-0.3, -0.25) is 9.35 Å². The summed E-state index contributed by atoms with van der Waals surface area (Å²) in [6.45, 7) is 1.52. The van der Waals surface area contributed by atoms with Crippen LogP contribution in [0.4, 0.5) is 17.1 Å². The normalized spacial score (nSPS) is 11.4. The number of carbonyl (C=O) groups excluding carboxylic acids is 1. The second kappa shape index (κ2) is 12.0. The molecule has 0 heterocycles. The van der Waals surface area contributed by atoms with Crippen molar-refractivity contribution < 1.29 is 57.2 Å². The van der Waals surface area contributed by atoms with Crippen LogP contribution >= 0.6 is 23.2 Å². The maximum Gasteiger partial charge on any atom is 1.00 e. The van der Waals surface area contributed by atoms with Gasteiger partial charge in [0.25, 0.3) is 16.0 Å². The van der Waals surface area contributed by atoms with E-state index in [1.165, 1.54) is 38.3 Å². The van der Waals surface area contributed by atoms with Crippen molar-refractivity contribution in [2.24, 2.45) is 10.2 Å². The van der Waals surface area contributed by atoms with Crippen LogP contribution in [0.15, 0.2) is 75.8 Å². The Bertz CT molecular complexity index is 1700. The molecule has 0 aliphatic carbocycles. The van der Waals surface area contributed by atoms with E-state index in [1.807, 2.05) is 0 Å². The fourth-order valence-corrected chi connectivity index (χ4v) is 4.85. The molecule has 0 aliphatic heterocycles. The van der Waals surface area contributed by atoms with E-state index < -0.39 is 26.7 Å². The van der Waals surface area contributed by atoms with Gasteiger partial charge in [-0.25, -0.2) is 0 Å². The number of methoxy groups -OCH3 is 1. The Hall–Kier alpha value is -2.70. The molecule has 190 valence electrons. The van der Waals surface area contributed by atoms with Crippen LogP contribution in [0.5, 0.6) is 11.5 Å².